The normalized spacial score (nSPS) is 20.6. The fourth-order valence-corrected chi connectivity index (χ4v) is 1.99. The van der Waals surface area contributed by atoms with Gasteiger partial charge < -0.3 is 5.11 Å². The zero-order chi connectivity index (χ0) is 10.3. The monoisotopic (exact) mass is 230 g/mol. The maximum absolute atomic E-state index is 10.2. The highest BCUT2D eigenvalue weighted by Crippen LogP contribution is 2.46. The molecule has 1 fully saturated rings. The number of aliphatic hydroxyl groups is 1. The van der Waals surface area contributed by atoms with Gasteiger partial charge in [0, 0.05) is 0 Å². The van der Waals surface area contributed by atoms with Crippen LogP contribution in [0, 0.1) is 5.92 Å². The fraction of sp³-hybridized carbons (Fsp3) is 0.455. The molecule has 1 saturated carbocycles. The predicted molar refractivity (Wildman–Crippen MR) is 58.8 cm³/mol. The molecular weight excluding hydrogens is 219 g/mol. The molecule has 3 heteroatoms. The van der Waals surface area contributed by atoms with E-state index in [-0.39, 0.29) is 0 Å². The molecule has 76 valence electrons. The van der Waals surface area contributed by atoms with Crippen molar-refractivity contribution in [3.05, 3.63) is 33.8 Å². The van der Waals surface area contributed by atoms with Crippen LogP contribution in [0.5, 0.6) is 0 Å². The van der Waals surface area contributed by atoms with E-state index in [9.17, 15) is 5.11 Å². The minimum absolute atomic E-state index is 0.375. The van der Waals surface area contributed by atoms with Crippen molar-refractivity contribution in [2.75, 3.05) is 0 Å². The van der Waals surface area contributed by atoms with E-state index in [1.54, 1.807) is 12.1 Å². The van der Waals surface area contributed by atoms with Gasteiger partial charge in [0.25, 0.3) is 0 Å². The third kappa shape index (κ3) is 1.77. The summed E-state index contributed by atoms with van der Waals surface area (Å²) < 4.78 is 0. The summed E-state index contributed by atoms with van der Waals surface area (Å²) in [5.41, 5.74) is 0.100. The van der Waals surface area contributed by atoms with Crippen LogP contribution < -0.4 is 0 Å². The summed E-state index contributed by atoms with van der Waals surface area (Å²) in [4.78, 5) is 0. The zero-order valence-corrected chi connectivity index (χ0v) is 9.44. The Morgan fingerprint density at radius 2 is 1.93 bits per heavy atom. The molecule has 2 rings (SSSR count). The molecule has 1 N–H and O–H groups in total. The molecule has 1 aromatic rings. The highest BCUT2D eigenvalue weighted by molar-refractivity contribution is 6.42. The van der Waals surface area contributed by atoms with Gasteiger partial charge in [-0.3, -0.25) is 0 Å². The molecular formula is C11H12Cl2O. The summed E-state index contributed by atoms with van der Waals surface area (Å²) >= 11 is 11.7. The Hall–Kier alpha value is -0.240. The molecule has 0 amide bonds. The topological polar surface area (TPSA) is 20.2 Å². The standard InChI is InChI=1S/C11H12Cl2O/c1-11(14,7-2-3-7)8-4-5-9(12)10(13)6-8/h4-7,14H,2-3H2,1H3/t11-/m0/s1. The van der Waals surface area contributed by atoms with Crippen molar-refractivity contribution in [3.8, 4) is 0 Å². The number of hydrogen-bond acceptors (Lipinski definition) is 1. The van der Waals surface area contributed by atoms with E-state index in [1.165, 1.54) is 0 Å². The molecule has 1 aromatic carbocycles. The van der Waals surface area contributed by atoms with Crippen molar-refractivity contribution in [1.29, 1.82) is 0 Å². The molecule has 1 nitrogen and oxygen atoms in total. The molecule has 0 aromatic heterocycles. The Morgan fingerprint density at radius 3 is 2.43 bits per heavy atom. The third-order valence-electron chi connectivity index (χ3n) is 2.88. The quantitative estimate of drug-likeness (QED) is 0.824. The lowest BCUT2D eigenvalue weighted by Crippen LogP contribution is -2.23. The first-order valence-corrected chi connectivity index (χ1v) is 5.45. The zero-order valence-electron chi connectivity index (χ0n) is 7.93. The van der Waals surface area contributed by atoms with Crippen molar-refractivity contribution in [3.63, 3.8) is 0 Å². The van der Waals surface area contributed by atoms with Crippen LogP contribution in [0.25, 0.3) is 0 Å². The molecule has 0 saturated heterocycles. The van der Waals surface area contributed by atoms with Crippen molar-refractivity contribution >= 4 is 23.2 Å². The summed E-state index contributed by atoms with van der Waals surface area (Å²) in [5.74, 6) is 0.375. The smallest absolute Gasteiger partial charge is 0.0897 e. The number of benzene rings is 1. The Kier molecular flexibility index (Phi) is 2.50. The lowest BCUT2D eigenvalue weighted by molar-refractivity contribution is 0.0331. The lowest BCUT2D eigenvalue weighted by Gasteiger charge is -2.23. The first-order chi connectivity index (χ1) is 6.51. The van der Waals surface area contributed by atoms with Crippen LogP contribution in [0.3, 0.4) is 0 Å². The number of hydrogen-bond donors (Lipinski definition) is 1. The Bertz CT molecular complexity index is 356. The number of rotatable bonds is 2. The van der Waals surface area contributed by atoms with Crippen LogP contribution in [-0.2, 0) is 5.60 Å². The number of halogens is 2. The SMILES string of the molecule is C[C@@](O)(c1ccc(Cl)c(Cl)c1)C1CC1. The molecule has 1 atom stereocenters. The van der Waals surface area contributed by atoms with E-state index in [2.05, 4.69) is 0 Å². The van der Waals surface area contributed by atoms with E-state index < -0.39 is 5.60 Å². The van der Waals surface area contributed by atoms with Gasteiger partial charge >= 0.3 is 0 Å². The fourth-order valence-electron chi connectivity index (χ4n) is 1.69. The molecule has 0 radical (unpaired) electrons. The van der Waals surface area contributed by atoms with Crippen LogP contribution >= 0.6 is 23.2 Å². The van der Waals surface area contributed by atoms with Gasteiger partial charge in [-0.1, -0.05) is 29.3 Å². The molecule has 1 aliphatic rings. The van der Waals surface area contributed by atoms with E-state index in [1.807, 2.05) is 13.0 Å². The molecule has 0 unspecified atom stereocenters. The Balaban J connectivity index is 2.36. The maximum Gasteiger partial charge on any atom is 0.0897 e. The Morgan fingerprint density at radius 1 is 1.29 bits per heavy atom. The van der Waals surface area contributed by atoms with Crippen molar-refractivity contribution in [1.82, 2.24) is 0 Å². The van der Waals surface area contributed by atoms with Gasteiger partial charge in [0.2, 0.25) is 0 Å². The predicted octanol–water partition coefficient (Wildman–Crippen LogP) is 3.61. The largest absolute Gasteiger partial charge is 0.385 e. The molecule has 0 spiro atoms. The molecule has 0 aliphatic heterocycles. The summed E-state index contributed by atoms with van der Waals surface area (Å²) in [7, 11) is 0. The van der Waals surface area contributed by atoms with Gasteiger partial charge in [0.15, 0.2) is 0 Å². The minimum atomic E-state index is -0.756. The van der Waals surface area contributed by atoms with Crippen LogP contribution in [0.15, 0.2) is 18.2 Å². The summed E-state index contributed by atoms with van der Waals surface area (Å²) in [5, 5.41) is 11.3. The summed E-state index contributed by atoms with van der Waals surface area (Å²) in [6.45, 7) is 1.84. The Labute approximate surface area is 93.7 Å². The van der Waals surface area contributed by atoms with Gasteiger partial charge in [0.1, 0.15) is 0 Å². The van der Waals surface area contributed by atoms with E-state index in [4.69, 9.17) is 23.2 Å². The highest BCUT2D eigenvalue weighted by Gasteiger charge is 2.41. The van der Waals surface area contributed by atoms with Crippen molar-refractivity contribution in [2.24, 2.45) is 5.92 Å². The van der Waals surface area contributed by atoms with Gasteiger partial charge in [0.05, 0.1) is 15.6 Å². The van der Waals surface area contributed by atoms with Gasteiger partial charge in [-0.2, -0.15) is 0 Å². The highest BCUT2D eigenvalue weighted by atomic mass is 35.5. The molecule has 14 heavy (non-hydrogen) atoms. The van der Waals surface area contributed by atoms with E-state index >= 15 is 0 Å². The van der Waals surface area contributed by atoms with Crippen molar-refractivity contribution in [2.45, 2.75) is 25.4 Å². The average Bonchev–Trinajstić information content (AvgIpc) is 2.92. The van der Waals surface area contributed by atoms with Crippen LogP contribution in [0.1, 0.15) is 25.3 Å². The second-order valence-electron chi connectivity index (χ2n) is 4.05. The maximum atomic E-state index is 10.2. The van der Waals surface area contributed by atoms with Gasteiger partial charge in [-0.15, -0.1) is 0 Å². The van der Waals surface area contributed by atoms with E-state index in [0.29, 0.717) is 16.0 Å². The summed E-state index contributed by atoms with van der Waals surface area (Å²) in [6.07, 6.45) is 2.18. The average molecular weight is 231 g/mol. The summed E-state index contributed by atoms with van der Waals surface area (Å²) in [6, 6.07) is 5.32. The lowest BCUT2D eigenvalue weighted by atomic mass is 9.91. The third-order valence-corrected chi connectivity index (χ3v) is 3.62. The first-order valence-electron chi connectivity index (χ1n) is 4.69. The minimum Gasteiger partial charge on any atom is -0.385 e. The van der Waals surface area contributed by atoms with Crippen molar-refractivity contribution < 1.29 is 5.11 Å². The van der Waals surface area contributed by atoms with Gasteiger partial charge in [-0.25, -0.2) is 0 Å². The second-order valence-corrected chi connectivity index (χ2v) is 4.87. The molecule has 1 aliphatic carbocycles. The second kappa shape index (κ2) is 3.41. The molecule has 0 bridgehead atoms. The van der Waals surface area contributed by atoms with Crippen LogP contribution in [0.2, 0.25) is 10.0 Å². The van der Waals surface area contributed by atoms with E-state index in [0.717, 1.165) is 18.4 Å². The van der Waals surface area contributed by atoms with Crippen LogP contribution in [0.4, 0.5) is 0 Å². The molecule has 0 heterocycles. The van der Waals surface area contributed by atoms with Gasteiger partial charge in [-0.05, 0) is 43.4 Å². The first kappa shape index (κ1) is 10.3. The van der Waals surface area contributed by atoms with Crippen LogP contribution in [-0.4, -0.2) is 5.11 Å².